The number of aliphatic hydroxyl groups is 1. The van der Waals surface area contributed by atoms with E-state index in [1.165, 1.54) is 24.1 Å². The Balaban J connectivity index is 2.89. The molecule has 0 aliphatic heterocycles. The molecule has 1 amide bonds. The number of nitrogens with zero attached hydrogens (tertiary/aromatic N) is 1. The molecule has 5 heteroatoms. The van der Waals surface area contributed by atoms with Gasteiger partial charge in [-0.2, -0.15) is 0 Å². The Morgan fingerprint density at radius 3 is 2.41 bits per heavy atom. The van der Waals surface area contributed by atoms with E-state index < -0.39 is 11.5 Å². The molecule has 0 aliphatic rings. The van der Waals surface area contributed by atoms with Crippen molar-refractivity contribution in [1.29, 1.82) is 0 Å². The minimum Gasteiger partial charge on any atom is -0.508 e. The third-order valence-corrected chi connectivity index (χ3v) is 2.18. The minimum atomic E-state index is -1.00. The Morgan fingerprint density at radius 2 is 1.94 bits per heavy atom. The summed E-state index contributed by atoms with van der Waals surface area (Å²) in [7, 11) is 1.53. The van der Waals surface area contributed by atoms with E-state index >= 15 is 0 Å². The topological polar surface area (TPSA) is 81.0 Å². The van der Waals surface area contributed by atoms with Crippen LogP contribution in [0.25, 0.3) is 0 Å². The van der Waals surface area contributed by atoms with E-state index in [-0.39, 0.29) is 23.6 Å². The first-order chi connectivity index (χ1) is 7.70. The molecule has 0 radical (unpaired) electrons. The number of hydrogen-bond donors (Lipinski definition) is 3. The second-order valence-corrected chi connectivity index (χ2v) is 4.68. The van der Waals surface area contributed by atoms with Gasteiger partial charge in [0.15, 0.2) is 0 Å². The Labute approximate surface area is 99.9 Å². The predicted molar refractivity (Wildman–Crippen MR) is 63.0 cm³/mol. The lowest BCUT2D eigenvalue weighted by Gasteiger charge is -2.25. The fourth-order valence-electron chi connectivity index (χ4n) is 1.56. The van der Waals surface area contributed by atoms with Crippen LogP contribution in [-0.2, 0) is 0 Å². The monoisotopic (exact) mass is 239 g/mol. The molecule has 0 heterocycles. The van der Waals surface area contributed by atoms with Crippen LogP contribution in [-0.4, -0.2) is 45.3 Å². The smallest absolute Gasteiger partial charge is 0.257 e. The van der Waals surface area contributed by atoms with Crippen molar-refractivity contribution in [3.8, 4) is 11.5 Å². The Morgan fingerprint density at radius 1 is 1.35 bits per heavy atom. The SMILES string of the molecule is CN(CC(C)(C)O)C(=O)c1ccc(O)cc1O. The van der Waals surface area contributed by atoms with Gasteiger partial charge in [-0.1, -0.05) is 0 Å². The molecule has 1 aromatic rings. The van der Waals surface area contributed by atoms with Gasteiger partial charge in [-0.25, -0.2) is 0 Å². The number of hydrogen-bond acceptors (Lipinski definition) is 4. The highest BCUT2D eigenvalue weighted by molar-refractivity contribution is 5.96. The fraction of sp³-hybridized carbons (Fsp3) is 0.417. The van der Waals surface area contributed by atoms with Crippen LogP contribution in [0.1, 0.15) is 24.2 Å². The molecule has 0 saturated heterocycles. The van der Waals surface area contributed by atoms with E-state index in [0.29, 0.717) is 0 Å². The van der Waals surface area contributed by atoms with Gasteiger partial charge in [0.2, 0.25) is 0 Å². The van der Waals surface area contributed by atoms with Crippen LogP contribution in [0.3, 0.4) is 0 Å². The largest absolute Gasteiger partial charge is 0.508 e. The lowest BCUT2D eigenvalue weighted by Crippen LogP contribution is -2.39. The van der Waals surface area contributed by atoms with E-state index in [2.05, 4.69) is 0 Å². The van der Waals surface area contributed by atoms with Crippen LogP contribution >= 0.6 is 0 Å². The summed E-state index contributed by atoms with van der Waals surface area (Å²) in [6, 6.07) is 3.77. The molecule has 0 aromatic heterocycles. The molecule has 1 aromatic carbocycles. The van der Waals surface area contributed by atoms with Gasteiger partial charge in [-0.15, -0.1) is 0 Å². The Kier molecular flexibility index (Phi) is 3.63. The van der Waals surface area contributed by atoms with Gasteiger partial charge >= 0.3 is 0 Å². The quantitative estimate of drug-likeness (QED) is 0.733. The molecular formula is C12H17NO4. The maximum Gasteiger partial charge on any atom is 0.257 e. The molecule has 1 rings (SSSR count). The number of benzene rings is 1. The maximum absolute atomic E-state index is 11.9. The number of likely N-dealkylation sites (N-methyl/N-ethyl adjacent to an activating group) is 1. The number of phenolic OH excluding ortho intramolecular Hbond substituents is 2. The van der Waals surface area contributed by atoms with Crippen LogP contribution in [0.15, 0.2) is 18.2 Å². The summed E-state index contributed by atoms with van der Waals surface area (Å²) >= 11 is 0. The summed E-state index contributed by atoms with van der Waals surface area (Å²) in [5, 5.41) is 28.3. The molecule has 94 valence electrons. The van der Waals surface area contributed by atoms with Crippen molar-refractivity contribution < 1.29 is 20.1 Å². The number of carbonyl (C=O) groups is 1. The minimum absolute atomic E-state index is 0.0922. The number of aromatic hydroxyl groups is 2. The highest BCUT2D eigenvalue weighted by Gasteiger charge is 2.22. The lowest BCUT2D eigenvalue weighted by atomic mass is 10.1. The van der Waals surface area contributed by atoms with Crippen LogP contribution in [0.4, 0.5) is 0 Å². The number of rotatable bonds is 3. The van der Waals surface area contributed by atoms with Crippen molar-refractivity contribution in [2.45, 2.75) is 19.4 Å². The third-order valence-electron chi connectivity index (χ3n) is 2.18. The van der Waals surface area contributed by atoms with Crippen molar-refractivity contribution in [2.75, 3.05) is 13.6 Å². The highest BCUT2D eigenvalue weighted by atomic mass is 16.3. The predicted octanol–water partition coefficient (Wildman–Crippen LogP) is 0.941. The van der Waals surface area contributed by atoms with E-state index in [9.17, 15) is 15.0 Å². The average molecular weight is 239 g/mol. The standard InChI is InChI=1S/C12H17NO4/c1-12(2,17)7-13(3)11(16)9-5-4-8(14)6-10(9)15/h4-6,14-15,17H,7H2,1-3H3. The summed E-state index contributed by atoms with van der Waals surface area (Å²) < 4.78 is 0. The van der Waals surface area contributed by atoms with E-state index in [1.807, 2.05) is 0 Å². The van der Waals surface area contributed by atoms with Crippen molar-refractivity contribution in [2.24, 2.45) is 0 Å². The van der Waals surface area contributed by atoms with Gasteiger partial charge in [0.25, 0.3) is 5.91 Å². The van der Waals surface area contributed by atoms with Crippen molar-refractivity contribution in [3.63, 3.8) is 0 Å². The molecule has 0 bridgehead atoms. The van der Waals surface area contributed by atoms with Gasteiger partial charge < -0.3 is 20.2 Å². The van der Waals surface area contributed by atoms with Gasteiger partial charge in [0.05, 0.1) is 11.2 Å². The average Bonchev–Trinajstić information content (AvgIpc) is 2.14. The molecule has 0 atom stereocenters. The van der Waals surface area contributed by atoms with Gasteiger partial charge in [-0.05, 0) is 26.0 Å². The molecule has 0 spiro atoms. The zero-order valence-electron chi connectivity index (χ0n) is 10.1. The first kappa shape index (κ1) is 13.3. The second kappa shape index (κ2) is 4.63. The molecule has 0 unspecified atom stereocenters. The summed E-state index contributed by atoms with van der Waals surface area (Å²) in [6.45, 7) is 3.33. The zero-order chi connectivity index (χ0) is 13.2. The van der Waals surface area contributed by atoms with E-state index in [4.69, 9.17) is 5.11 Å². The molecule has 3 N–H and O–H groups in total. The summed E-state index contributed by atoms with van der Waals surface area (Å²) in [5.74, 6) is -0.800. The molecular weight excluding hydrogens is 222 g/mol. The summed E-state index contributed by atoms with van der Waals surface area (Å²) in [4.78, 5) is 13.2. The summed E-state index contributed by atoms with van der Waals surface area (Å²) in [6.07, 6.45) is 0. The normalized spacial score (nSPS) is 11.3. The van der Waals surface area contributed by atoms with Crippen LogP contribution in [0.5, 0.6) is 11.5 Å². The Bertz CT molecular complexity index is 423. The number of carbonyl (C=O) groups excluding carboxylic acids is 1. The zero-order valence-corrected chi connectivity index (χ0v) is 10.1. The first-order valence-corrected chi connectivity index (χ1v) is 5.20. The van der Waals surface area contributed by atoms with Gasteiger partial charge in [0, 0.05) is 19.7 Å². The van der Waals surface area contributed by atoms with E-state index in [0.717, 1.165) is 6.07 Å². The second-order valence-electron chi connectivity index (χ2n) is 4.68. The molecule has 5 nitrogen and oxygen atoms in total. The van der Waals surface area contributed by atoms with Crippen molar-refractivity contribution in [1.82, 2.24) is 4.90 Å². The van der Waals surface area contributed by atoms with Crippen LogP contribution in [0.2, 0.25) is 0 Å². The third kappa shape index (κ3) is 3.64. The molecule has 17 heavy (non-hydrogen) atoms. The molecule has 0 aliphatic carbocycles. The highest BCUT2D eigenvalue weighted by Crippen LogP contribution is 2.23. The lowest BCUT2D eigenvalue weighted by molar-refractivity contribution is 0.0366. The number of phenols is 2. The molecule has 0 saturated carbocycles. The van der Waals surface area contributed by atoms with Gasteiger partial charge in [-0.3, -0.25) is 4.79 Å². The number of amides is 1. The van der Waals surface area contributed by atoms with Gasteiger partial charge in [0.1, 0.15) is 11.5 Å². The maximum atomic E-state index is 11.9. The van der Waals surface area contributed by atoms with E-state index in [1.54, 1.807) is 13.8 Å². The van der Waals surface area contributed by atoms with Crippen molar-refractivity contribution in [3.05, 3.63) is 23.8 Å². The van der Waals surface area contributed by atoms with Crippen molar-refractivity contribution >= 4 is 5.91 Å². The molecule has 0 fully saturated rings. The summed E-state index contributed by atoms with van der Waals surface area (Å²) in [5.41, 5.74) is -0.911. The fourth-order valence-corrected chi connectivity index (χ4v) is 1.56. The van der Waals surface area contributed by atoms with Crippen LogP contribution in [0, 0.1) is 0 Å². The van der Waals surface area contributed by atoms with Crippen LogP contribution < -0.4 is 0 Å². The Hall–Kier alpha value is -1.75. The first-order valence-electron chi connectivity index (χ1n) is 5.20.